The smallest absolute Gasteiger partial charge is 0.252 e. The summed E-state index contributed by atoms with van der Waals surface area (Å²) < 4.78 is 6.98. The second-order valence-electron chi connectivity index (χ2n) is 31.2. The van der Waals surface area contributed by atoms with E-state index in [-0.39, 0.29) is 44.6 Å². The zero-order chi connectivity index (χ0) is 59.9. The Balaban J connectivity index is 1.24. The van der Waals surface area contributed by atoms with Crippen molar-refractivity contribution in [3.8, 4) is 11.5 Å². The molecule has 0 aliphatic carbocycles. The van der Waals surface area contributed by atoms with Crippen LogP contribution in [0, 0.1) is 0 Å². The van der Waals surface area contributed by atoms with E-state index in [4.69, 9.17) is 9.40 Å². The molecule has 2 aliphatic rings. The Morgan fingerprint density at radius 2 is 0.723 bits per heavy atom. The van der Waals surface area contributed by atoms with E-state index in [2.05, 4.69) is 318 Å². The lowest BCUT2D eigenvalue weighted by atomic mass is 9.33. The molecule has 0 atom stereocenters. The van der Waals surface area contributed by atoms with Crippen LogP contribution in [-0.2, 0) is 37.9 Å². The molecule has 0 N–H and O–H groups in total. The standard InChI is InChI=1S/C77H89BN4O/c1-71(2,3)49-24-22-48(23-25-49)70-79-63-47-65-62(46-68(63)83-70)78-61-39-38-59(80(56-32-26-50(27-33-56)72(4,5)6)57-34-28-51(29-35-57)73(7,8)9)45-64(61)81(58-36-30-52(31-37-58)74(10,11)12)66-43-55(77(19,20)21)44-67(69(66)78)82(65)60-41-53(75(13,14)15)40-54(42-60)76(16,17)18/h22-47H,1-21H3. The minimum absolute atomic E-state index is 0.0113. The van der Waals surface area contributed by atoms with Gasteiger partial charge >= 0.3 is 0 Å². The quantitative estimate of drug-likeness (QED) is 0.155. The summed E-state index contributed by atoms with van der Waals surface area (Å²) in [6.45, 7) is 48.4. The molecule has 0 saturated carbocycles. The molecule has 0 bridgehead atoms. The van der Waals surface area contributed by atoms with Crippen molar-refractivity contribution in [3.05, 3.63) is 197 Å². The fourth-order valence-corrected chi connectivity index (χ4v) is 12.1. The Morgan fingerprint density at radius 3 is 1.17 bits per heavy atom. The van der Waals surface area contributed by atoms with E-state index in [1.54, 1.807) is 0 Å². The van der Waals surface area contributed by atoms with Crippen LogP contribution in [-0.4, -0.2) is 11.7 Å². The van der Waals surface area contributed by atoms with Crippen molar-refractivity contribution in [1.29, 1.82) is 0 Å². The van der Waals surface area contributed by atoms with E-state index in [0.717, 1.165) is 56.5 Å². The Morgan fingerprint density at radius 1 is 0.337 bits per heavy atom. The van der Waals surface area contributed by atoms with Gasteiger partial charge in [-0.1, -0.05) is 206 Å². The van der Waals surface area contributed by atoms with Crippen molar-refractivity contribution in [3.63, 3.8) is 0 Å². The second-order valence-corrected chi connectivity index (χ2v) is 31.2. The molecule has 5 nitrogen and oxygen atoms in total. The lowest BCUT2D eigenvalue weighted by Gasteiger charge is -2.45. The van der Waals surface area contributed by atoms with Gasteiger partial charge in [-0.15, -0.1) is 0 Å². The van der Waals surface area contributed by atoms with Gasteiger partial charge in [0, 0.05) is 56.7 Å². The number of rotatable bonds is 6. The van der Waals surface area contributed by atoms with Crippen molar-refractivity contribution in [2.45, 2.75) is 183 Å². The highest BCUT2D eigenvalue weighted by molar-refractivity contribution is 7.00. The molecule has 1 aromatic heterocycles. The molecule has 426 valence electrons. The first kappa shape index (κ1) is 57.5. The lowest BCUT2D eigenvalue weighted by molar-refractivity contribution is 0.568. The summed E-state index contributed by atoms with van der Waals surface area (Å²) in [5.41, 5.74) is 25.1. The van der Waals surface area contributed by atoms with Gasteiger partial charge in [-0.2, -0.15) is 0 Å². The zero-order valence-corrected chi connectivity index (χ0v) is 53.8. The summed E-state index contributed by atoms with van der Waals surface area (Å²) in [6.07, 6.45) is 0. The van der Waals surface area contributed by atoms with Crippen LogP contribution in [0.1, 0.15) is 184 Å². The Bertz CT molecular complexity index is 3840. The summed E-state index contributed by atoms with van der Waals surface area (Å²) in [6, 6.07) is 60.9. The number of anilines is 9. The van der Waals surface area contributed by atoms with Crippen LogP contribution in [0.2, 0.25) is 0 Å². The van der Waals surface area contributed by atoms with Gasteiger partial charge in [0.15, 0.2) is 5.58 Å². The lowest BCUT2D eigenvalue weighted by Crippen LogP contribution is -2.61. The molecule has 83 heavy (non-hydrogen) atoms. The third kappa shape index (κ3) is 10.7. The number of benzene rings is 8. The first-order valence-electron chi connectivity index (χ1n) is 30.3. The molecule has 8 aromatic carbocycles. The SMILES string of the molecule is CC(C)(C)c1ccc(-c2nc3cc4c(cc3o2)B2c3ccc(N(c5ccc(C(C)(C)C)cc5)c5ccc(C(C)(C)C)cc5)cc3N(c3ccc(C(C)(C)C)cc3)c3cc(C(C)(C)C)cc(c32)N4c2cc(C(C)(C)C)cc(C(C)(C)C)c2)cc1. The van der Waals surface area contributed by atoms with Gasteiger partial charge in [-0.3, -0.25) is 0 Å². The largest absolute Gasteiger partial charge is 0.436 e. The number of hydrogen-bond donors (Lipinski definition) is 0. The van der Waals surface area contributed by atoms with Crippen molar-refractivity contribution in [1.82, 2.24) is 4.98 Å². The number of oxazole rings is 1. The fraction of sp³-hybridized carbons (Fsp3) is 0.364. The third-order valence-electron chi connectivity index (χ3n) is 17.6. The van der Waals surface area contributed by atoms with Crippen LogP contribution in [0.15, 0.2) is 162 Å². The minimum Gasteiger partial charge on any atom is -0.436 e. The molecule has 0 spiro atoms. The number of fused-ring (bicyclic) bond motifs is 5. The fourth-order valence-electron chi connectivity index (χ4n) is 12.1. The molecular weight excluding hydrogens is 1010 g/mol. The van der Waals surface area contributed by atoms with Gasteiger partial charge < -0.3 is 19.1 Å². The highest BCUT2D eigenvalue weighted by atomic mass is 16.3. The van der Waals surface area contributed by atoms with Crippen molar-refractivity contribution >= 4 is 85.4 Å². The average Bonchev–Trinajstić information content (AvgIpc) is 1.31. The van der Waals surface area contributed by atoms with E-state index >= 15 is 0 Å². The Labute approximate surface area is 498 Å². The number of hydrogen-bond acceptors (Lipinski definition) is 5. The predicted octanol–water partition coefficient (Wildman–Crippen LogP) is 20.1. The maximum atomic E-state index is 6.98. The monoisotopic (exact) mass is 1100 g/mol. The van der Waals surface area contributed by atoms with Gasteiger partial charge in [0.1, 0.15) is 5.52 Å². The van der Waals surface area contributed by atoms with Crippen molar-refractivity contribution in [2.75, 3.05) is 14.7 Å². The molecule has 0 amide bonds. The summed E-state index contributed by atoms with van der Waals surface area (Å²) in [5.74, 6) is 0.622. The second kappa shape index (κ2) is 19.6. The number of nitrogens with zero attached hydrogens (tertiary/aromatic N) is 4. The molecule has 0 fully saturated rings. The van der Waals surface area contributed by atoms with Crippen LogP contribution in [0.4, 0.5) is 51.2 Å². The molecule has 0 radical (unpaired) electrons. The first-order valence-corrected chi connectivity index (χ1v) is 30.3. The van der Waals surface area contributed by atoms with E-state index < -0.39 is 0 Å². The molecule has 9 aromatic rings. The molecular formula is C77H89BN4O. The molecule has 3 heterocycles. The highest BCUT2D eigenvalue weighted by Gasteiger charge is 2.45. The summed E-state index contributed by atoms with van der Waals surface area (Å²) in [4.78, 5) is 13.0. The summed E-state index contributed by atoms with van der Waals surface area (Å²) >= 11 is 0. The Kier molecular flexibility index (Phi) is 13.6. The maximum absolute atomic E-state index is 6.98. The van der Waals surface area contributed by atoms with E-state index in [1.165, 1.54) is 66.7 Å². The van der Waals surface area contributed by atoms with Crippen molar-refractivity contribution in [2.24, 2.45) is 0 Å². The van der Waals surface area contributed by atoms with E-state index in [9.17, 15) is 0 Å². The molecule has 0 saturated heterocycles. The third-order valence-corrected chi connectivity index (χ3v) is 17.6. The average molecular weight is 1100 g/mol. The van der Waals surface area contributed by atoms with Crippen LogP contribution in [0.25, 0.3) is 22.6 Å². The van der Waals surface area contributed by atoms with E-state index in [1.807, 2.05) is 0 Å². The van der Waals surface area contributed by atoms with Gasteiger partial charge in [0.05, 0.1) is 0 Å². The van der Waals surface area contributed by atoms with E-state index in [0.29, 0.717) is 5.89 Å². The van der Waals surface area contributed by atoms with Gasteiger partial charge in [0.25, 0.3) is 6.71 Å². The van der Waals surface area contributed by atoms with Crippen molar-refractivity contribution < 1.29 is 4.42 Å². The zero-order valence-electron chi connectivity index (χ0n) is 53.8. The number of aromatic nitrogens is 1. The van der Waals surface area contributed by atoms with Gasteiger partial charge in [0.2, 0.25) is 5.89 Å². The topological polar surface area (TPSA) is 35.8 Å². The minimum atomic E-state index is -0.205. The summed E-state index contributed by atoms with van der Waals surface area (Å²) in [7, 11) is 0. The first-order chi connectivity index (χ1) is 38.5. The molecule has 0 unspecified atom stereocenters. The van der Waals surface area contributed by atoms with Crippen LogP contribution >= 0.6 is 0 Å². The summed E-state index contributed by atoms with van der Waals surface area (Å²) in [5, 5.41) is 0. The predicted molar refractivity (Wildman–Crippen MR) is 359 cm³/mol. The Hall–Kier alpha value is -7.31. The van der Waals surface area contributed by atoms with Gasteiger partial charge in [-0.25, -0.2) is 4.98 Å². The van der Waals surface area contributed by atoms with Crippen LogP contribution in [0.3, 0.4) is 0 Å². The molecule has 11 rings (SSSR count). The highest BCUT2D eigenvalue weighted by Crippen LogP contribution is 2.50. The van der Waals surface area contributed by atoms with Crippen LogP contribution < -0.4 is 31.1 Å². The normalized spacial score (nSPS) is 14.0. The molecule has 2 aliphatic heterocycles. The maximum Gasteiger partial charge on any atom is 0.252 e. The molecule has 6 heteroatoms. The van der Waals surface area contributed by atoms with Gasteiger partial charge in [-0.05, 0) is 190 Å². The van der Waals surface area contributed by atoms with Crippen LogP contribution in [0.5, 0.6) is 0 Å².